The molecule has 0 amide bonds. The van der Waals surface area contributed by atoms with Crippen LogP contribution in [0.25, 0.3) is 5.57 Å². The number of carboxylic acid groups (broad SMARTS) is 2. The average Bonchev–Trinajstić information content (AvgIpc) is 2.42. The largest absolute Gasteiger partial charge is 0.539 e. The highest BCUT2D eigenvalue weighted by Gasteiger charge is 2.06. The molecule has 1 aromatic rings. The van der Waals surface area contributed by atoms with Crippen molar-refractivity contribution in [1.29, 1.82) is 0 Å². The van der Waals surface area contributed by atoms with Gasteiger partial charge in [0.2, 0.25) is 0 Å². The minimum atomic E-state index is -2.07. The predicted molar refractivity (Wildman–Crippen MR) is 83.3 cm³/mol. The summed E-state index contributed by atoms with van der Waals surface area (Å²) in [4.78, 5) is 19.3. The van der Waals surface area contributed by atoms with E-state index in [9.17, 15) is 0 Å². The number of quaternary nitrogens is 1. The second-order valence-electron chi connectivity index (χ2n) is 4.67. The first-order chi connectivity index (χ1) is 10.2. The molecule has 0 radical (unpaired) electrons. The number of carboxylic acids is 2. The quantitative estimate of drug-likeness (QED) is 0.585. The Labute approximate surface area is 134 Å². The van der Waals surface area contributed by atoms with Crippen molar-refractivity contribution in [2.45, 2.75) is 6.92 Å². The SMILES string of the molecule is C#CC[NH+](C)CC(=C)c1ccc(Cl)c(C)c1.O=C([O-])C(=O)O. The summed E-state index contributed by atoms with van der Waals surface area (Å²) < 4.78 is 0. The van der Waals surface area contributed by atoms with E-state index in [1.54, 1.807) is 0 Å². The maximum absolute atomic E-state index is 9.04. The van der Waals surface area contributed by atoms with Gasteiger partial charge in [0.1, 0.15) is 13.1 Å². The Kier molecular flexibility index (Phi) is 8.61. The van der Waals surface area contributed by atoms with Crippen LogP contribution in [-0.4, -0.2) is 37.2 Å². The lowest BCUT2D eigenvalue weighted by atomic mass is 10.0. The van der Waals surface area contributed by atoms with E-state index < -0.39 is 11.9 Å². The van der Waals surface area contributed by atoms with E-state index in [1.165, 1.54) is 4.90 Å². The number of benzene rings is 1. The molecule has 0 fully saturated rings. The molecule has 1 atom stereocenters. The first-order valence-electron chi connectivity index (χ1n) is 6.32. The summed E-state index contributed by atoms with van der Waals surface area (Å²) >= 11 is 5.98. The normalized spacial score (nSPS) is 10.6. The van der Waals surface area contributed by atoms with Gasteiger partial charge in [-0.1, -0.05) is 30.3 Å². The van der Waals surface area contributed by atoms with Crippen LogP contribution in [0.15, 0.2) is 24.8 Å². The van der Waals surface area contributed by atoms with Crippen LogP contribution >= 0.6 is 11.6 Å². The number of aryl methyl sites for hydroxylation is 1. The minimum absolute atomic E-state index is 0.714. The minimum Gasteiger partial charge on any atom is -0.539 e. The molecule has 22 heavy (non-hydrogen) atoms. The van der Waals surface area contributed by atoms with Crippen LogP contribution in [0.2, 0.25) is 5.02 Å². The van der Waals surface area contributed by atoms with Gasteiger partial charge in [-0.15, -0.1) is 6.42 Å². The van der Waals surface area contributed by atoms with Crippen LogP contribution in [0.1, 0.15) is 11.1 Å². The van der Waals surface area contributed by atoms with Gasteiger partial charge in [0.25, 0.3) is 0 Å². The first-order valence-corrected chi connectivity index (χ1v) is 6.70. The van der Waals surface area contributed by atoms with Crippen LogP contribution in [-0.2, 0) is 9.59 Å². The molecule has 118 valence electrons. The smallest absolute Gasteiger partial charge is 0.351 e. The molecule has 6 heteroatoms. The van der Waals surface area contributed by atoms with Crippen molar-refractivity contribution in [3.8, 4) is 12.3 Å². The molecule has 0 spiro atoms. The molecule has 1 rings (SSSR count). The highest BCUT2D eigenvalue weighted by Crippen LogP contribution is 2.19. The van der Waals surface area contributed by atoms with Crippen molar-refractivity contribution in [1.82, 2.24) is 0 Å². The van der Waals surface area contributed by atoms with Gasteiger partial charge in [-0.2, -0.15) is 0 Å². The number of likely N-dealkylation sites (N-methyl/N-ethyl adjacent to an activating group) is 1. The number of nitrogens with one attached hydrogen (secondary N) is 1. The second-order valence-corrected chi connectivity index (χ2v) is 5.08. The molecule has 1 unspecified atom stereocenters. The summed E-state index contributed by atoms with van der Waals surface area (Å²) in [5.74, 6) is -1.36. The molecule has 0 saturated heterocycles. The standard InChI is InChI=1S/C14H16ClN.C2H2O4/c1-5-8-16(4)10-12(3)13-6-7-14(15)11(2)9-13;3-1(4)2(5)6/h1,6-7,9H,3,8,10H2,2,4H3;(H,3,4)(H,5,6). The van der Waals surface area contributed by atoms with Crippen molar-refractivity contribution >= 4 is 29.1 Å². The summed E-state index contributed by atoms with van der Waals surface area (Å²) in [6, 6.07) is 5.97. The Bertz CT molecular complexity index is 593. The number of carbonyl (C=O) groups excluding carboxylic acids is 1. The van der Waals surface area contributed by atoms with Gasteiger partial charge in [-0.25, -0.2) is 4.79 Å². The van der Waals surface area contributed by atoms with Gasteiger partial charge in [-0.3, -0.25) is 0 Å². The van der Waals surface area contributed by atoms with Crippen molar-refractivity contribution in [2.75, 3.05) is 20.1 Å². The summed E-state index contributed by atoms with van der Waals surface area (Å²) in [6.45, 7) is 7.65. The topological polar surface area (TPSA) is 81.9 Å². The van der Waals surface area contributed by atoms with E-state index in [2.05, 4.69) is 25.6 Å². The maximum atomic E-state index is 9.04. The van der Waals surface area contributed by atoms with Crippen molar-refractivity contribution in [3.05, 3.63) is 40.9 Å². The zero-order valence-corrected chi connectivity index (χ0v) is 13.2. The summed E-state index contributed by atoms with van der Waals surface area (Å²) in [5, 5.41) is 17.1. The van der Waals surface area contributed by atoms with E-state index in [4.69, 9.17) is 37.8 Å². The second kappa shape index (κ2) is 9.61. The molecule has 0 aliphatic heterocycles. The summed E-state index contributed by atoms with van der Waals surface area (Å²) in [7, 11) is 2.06. The number of aliphatic carboxylic acids is 2. The van der Waals surface area contributed by atoms with E-state index in [1.807, 2.05) is 19.1 Å². The average molecular weight is 324 g/mol. The number of halogens is 1. The Morgan fingerprint density at radius 1 is 1.50 bits per heavy atom. The molecule has 1 aromatic carbocycles. The van der Waals surface area contributed by atoms with Crippen LogP contribution in [0.4, 0.5) is 0 Å². The fourth-order valence-corrected chi connectivity index (χ4v) is 1.69. The van der Waals surface area contributed by atoms with Gasteiger partial charge in [0, 0.05) is 10.6 Å². The number of hydrogen-bond donors (Lipinski definition) is 2. The molecule has 0 aromatic heterocycles. The maximum Gasteiger partial charge on any atom is 0.351 e. The molecule has 0 aliphatic carbocycles. The van der Waals surface area contributed by atoms with Crippen LogP contribution < -0.4 is 10.0 Å². The number of terminal acetylenes is 1. The summed E-state index contributed by atoms with van der Waals surface area (Å²) in [5.41, 5.74) is 3.31. The van der Waals surface area contributed by atoms with Crippen molar-refractivity contribution in [2.24, 2.45) is 0 Å². The number of carbonyl (C=O) groups is 2. The highest BCUT2D eigenvalue weighted by atomic mass is 35.5. The van der Waals surface area contributed by atoms with Gasteiger partial charge in [-0.05, 0) is 30.0 Å². The Morgan fingerprint density at radius 2 is 2.05 bits per heavy atom. The predicted octanol–water partition coefficient (Wildman–Crippen LogP) is -0.370. The van der Waals surface area contributed by atoms with Gasteiger partial charge in [0.15, 0.2) is 5.97 Å². The molecule has 0 aliphatic rings. The lowest BCUT2D eigenvalue weighted by Crippen LogP contribution is -3.08. The zero-order valence-electron chi connectivity index (χ0n) is 12.5. The third-order valence-electron chi connectivity index (χ3n) is 2.66. The first kappa shape index (κ1) is 19.7. The van der Waals surface area contributed by atoms with E-state index >= 15 is 0 Å². The Morgan fingerprint density at radius 3 is 2.45 bits per heavy atom. The third kappa shape index (κ3) is 7.48. The Hall–Kier alpha value is -2.29. The summed E-state index contributed by atoms with van der Waals surface area (Å²) in [6.07, 6.45) is 5.27. The molecule has 0 saturated carbocycles. The molecule has 0 heterocycles. The lowest BCUT2D eigenvalue weighted by molar-refractivity contribution is -0.863. The zero-order chi connectivity index (χ0) is 17.3. The fraction of sp³-hybridized carbons (Fsp3) is 0.250. The highest BCUT2D eigenvalue weighted by molar-refractivity contribution is 6.31. The monoisotopic (exact) mass is 323 g/mol. The van der Waals surface area contributed by atoms with Gasteiger partial charge >= 0.3 is 5.97 Å². The Balaban J connectivity index is 0.000000626. The van der Waals surface area contributed by atoms with Crippen LogP contribution in [0.3, 0.4) is 0 Å². The molecular formula is C16H18ClNO4. The third-order valence-corrected chi connectivity index (χ3v) is 3.08. The molecule has 0 bridgehead atoms. The van der Waals surface area contributed by atoms with Crippen LogP contribution in [0.5, 0.6) is 0 Å². The molecule has 2 N–H and O–H groups in total. The molecular weight excluding hydrogens is 306 g/mol. The van der Waals surface area contributed by atoms with Crippen LogP contribution in [0, 0.1) is 19.3 Å². The lowest BCUT2D eigenvalue weighted by Gasteiger charge is -2.13. The van der Waals surface area contributed by atoms with Gasteiger partial charge < -0.3 is 19.9 Å². The number of hydrogen-bond acceptors (Lipinski definition) is 3. The van der Waals surface area contributed by atoms with E-state index in [0.29, 0.717) is 6.54 Å². The number of rotatable bonds is 4. The van der Waals surface area contributed by atoms with Gasteiger partial charge in [0.05, 0.1) is 7.05 Å². The molecule has 5 nitrogen and oxygen atoms in total. The van der Waals surface area contributed by atoms with E-state index in [0.717, 1.165) is 28.3 Å². The van der Waals surface area contributed by atoms with Crippen molar-refractivity contribution in [3.63, 3.8) is 0 Å². The fourth-order valence-electron chi connectivity index (χ4n) is 1.57. The van der Waals surface area contributed by atoms with Crippen molar-refractivity contribution < 1.29 is 24.7 Å². The van der Waals surface area contributed by atoms with E-state index in [-0.39, 0.29) is 0 Å².